The van der Waals surface area contributed by atoms with Crippen LogP contribution >= 0.6 is 0 Å². The summed E-state index contributed by atoms with van der Waals surface area (Å²) in [5.41, 5.74) is -0.586. The first kappa shape index (κ1) is 13.9. The standard InChI is InChI=1S/C13H15NO4/c1-4-17-12(16)13(2,3)18-11-7-5-10(6-8-11)14-9-15/h5-8H,4H2,1-3H3. The molecule has 0 spiro atoms. The Morgan fingerprint density at radius 2 is 1.94 bits per heavy atom. The topological polar surface area (TPSA) is 65.0 Å². The quantitative estimate of drug-likeness (QED) is 0.456. The molecule has 1 aromatic carbocycles. The minimum atomic E-state index is -1.06. The molecular formula is C13H15NO4. The molecule has 0 aliphatic rings. The average Bonchev–Trinajstić information content (AvgIpc) is 2.32. The monoisotopic (exact) mass is 249 g/mol. The van der Waals surface area contributed by atoms with Gasteiger partial charge in [0.05, 0.1) is 12.3 Å². The first-order chi connectivity index (χ1) is 8.49. The maximum atomic E-state index is 11.6. The zero-order valence-electron chi connectivity index (χ0n) is 10.6. The van der Waals surface area contributed by atoms with Gasteiger partial charge in [-0.1, -0.05) is 0 Å². The molecule has 0 aromatic heterocycles. The minimum Gasteiger partial charge on any atom is -0.476 e. The predicted octanol–water partition coefficient (Wildman–Crippen LogP) is 2.37. The van der Waals surface area contributed by atoms with Gasteiger partial charge in [-0.2, -0.15) is 4.99 Å². The lowest BCUT2D eigenvalue weighted by Gasteiger charge is -2.23. The molecular weight excluding hydrogens is 234 g/mol. The molecule has 0 amide bonds. The van der Waals surface area contributed by atoms with Crippen LogP contribution in [-0.2, 0) is 14.3 Å². The van der Waals surface area contributed by atoms with Crippen LogP contribution in [0.3, 0.4) is 0 Å². The van der Waals surface area contributed by atoms with Crippen molar-refractivity contribution in [1.29, 1.82) is 0 Å². The maximum Gasteiger partial charge on any atom is 0.349 e. The Kier molecular flexibility index (Phi) is 4.63. The van der Waals surface area contributed by atoms with E-state index >= 15 is 0 Å². The van der Waals surface area contributed by atoms with Gasteiger partial charge in [-0.05, 0) is 45.0 Å². The van der Waals surface area contributed by atoms with Gasteiger partial charge < -0.3 is 9.47 Å². The molecule has 96 valence electrons. The van der Waals surface area contributed by atoms with E-state index in [0.717, 1.165) is 0 Å². The van der Waals surface area contributed by atoms with Gasteiger partial charge in [-0.15, -0.1) is 0 Å². The van der Waals surface area contributed by atoms with Crippen LogP contribution in [0, 0.1) is 0 Å². The highest BCUT2D eigenvalue weighted by Crippen LogP contribution is 2.22. The van der Waals surface area contributed by atoms with Crippen molar-refractivity contribution in [3.8, 4) is 5.75 Å². The van der Waals surface area contributed by atoms with Crippen molar-refractivity contribution in [2.45, 2.75) is 26.4 Å². The molecule has 5 heteroatoms. The van der Waals surface area contributed by atoms with Gasteiger partial charge in [0, 0.05) is 0 Å². The molecule has 0 heterocycles. The number of hydrogen-bond acceptors (Lipinski definition) is 5. The number of benzene rings is 1. The van der Waals surface area contributed by atoms with Crippen LogP contribution in [-0.4, -0.2) is 24.3 Å². The lowest BCUT2D eigenvalue weighted by Crippen LogP contribution is -2.39. The number of isocyanates is 1. The van der Waals surface area contributed by atoms with Gasteiger partial charge in [-0.3, -0.25) is 0 Å². The molecule has 1 aromatic rings. The lowest BCUT2D eigenvalue weighted by atomic mass is 10.1. The Labute approximate surface area is 105 Å². The Morgan fingerprint density at radius 1 is 1.33 bits per heavy atom. The molecule has 1 rings (SSSR count). The summed E-state index contributed by atoms with van der Waals surface area (Å²) >= 11 is 0. The molecule has 0 N–H and O–H groups in total. The van der Waals surface area contributed by atoms with E-state index in [9.17, 15) is 9.59 Å². The molecule has 0 aliphatic carbocycles. The van der Waals surface area contributed by atoms with Gasteiger partial charge in [0.15, 0.2) is 5.60 Å². The largest absolute Gasteiger partial charge is 0.476 e. The highest BCUT2D eigenvalue weighted by Gasteiger charge is 2.31. The van der Waals surface area contributed by atoms with Crippen LogP contribution in [0.2, 0.25) is 0 Å². The summed E-state index contributed by atoms with van der Waals surface area (Å²) in [4.78, 5) is 25.1. The van der Waals surface area contributed by atoms with E-state index < -0.39 is 11.6 Å². The Hall–Kier alpha value is -2.13. The number of aliphatic imine (C=N–C) groups is 1. The van der Waals surface area contributed by atoms with Crippen molar-refractivity contribution in [3.05, 3.63) is 24.3 Å². The summed E-state index contributed by atoms with van der Waals surface area (Å²) in [6.45, 7) is 5.30. The van der Waals surface area contributed by atoms with Crippen LogP contribution in [0.4, 0.5) is 5.69 Å². The van der Waals surface area contributed by atoms with Crippen LogP contribution in [0.1, 0.15) is 20.8 Å². The van der Waals surface area contributed by atoms with E-state index in [1.54, 1.807) is 45.0 Å². The van der Waals surface area contributed by atoms with Crippen molar-refractivity contribution < 1.29 is 19.1 Å². The SMILES string of the molecule is CCOC(=O)C(C)(C)Oc1ccc(N=C=O)cc1. The highest BCUT2D eigenvalue weighted by molar-refractivity contribution is 5.79. The molecule has 18 heavy (non-hydrogen) atoms. The van der Waals surface area contributed by atoms with Gasteiger partial charge in [0.1, 0.15) is 5.75 Å². The van der Waals surface area contributed by atoms with E-state index in [0.29, 0.717) is 18.0 Å². The van der Waals surface area contributed by atoms with Crippen molar-refractivity contribution >= 4 is 17.7 Å². The van der Waals surface area contributed by atoms with E-state index in [1.165, 1.54) is 6.08 Å². The second-order valence-corrected chi connectivity index (χ2v) is 4.03. The number of carbonyl (C=O) groups is 1. The van der Waals surface area contributed by atoms with E-state index in [1.807, 2.05) is 0 Å². The molecule has 0 atom stereocenters. The fraction of sp³-hybridized carbons (Fsp3) is 0.385. The summed E-state index contributed by atoms with van der Waals surface area (Å²) in [5, 5.41) is 0. The zero-order chi connectivity index (χ0) is 13.6. The smallest absolute Gasteiger partial charge is 0.349 e. The van der Waals surface area contributed by atoms with E-state index in [2.05, 4.69) is 4.99 Å². The number of carbonyl (C=O) groups excluding carboxylic acids is 2. The normalized spacial score (nSPS) is 10.4. The maximum absolute atomic E-state index is 11.6. The third-order valence-electron chi connectivity index (χ3n) is 2.15. The Balaban J connectivity index is 2.77. The molecule has 0 unspecified atom stereocenters. The number of ether oxygens (including phenoxy) is 2. The molecule has 0 bridgehead atoms. The number of hydrogen-bond donors (Lipinski definition) is 0. The Morgan fingerprint density at radius 3 is 2.44 bits per heavy atom. The van der Waals surface area contributed by atoms with Crippen molar-refractivity contribution in [2.24, 2.45) is 4.99 Å². The van der Waals surface area contributed by atoms with Crippen molar-refractivity contribution in [1.82, 2.24) is 0 Å². The summed E-state index contributed by atoms with van der Waals surface area (Å²) in [6.07, 6.45) is 1.45. The van der Waals surface area contributed by atoms with E-state index in [-0.39, 0.29) is 0 Å². The molecule has 5 nitrogen and oxygen atoms in total. The second kappa shape index (κ2) is 5.98. The average molecular weight is 249 g/mol. The fourth-order valence-electron chi connectivity index (χ4n) is 1.28. The lowest BCUT2D eigenvalue weighted by molar-refractivity contribution is -0.158. The molecule has 0 fully saturated rings. The molecule has 0 saturated carbocycles. The second-order valence-electron chi connectivity index (χ2n) is 4.03. The number of esters is 1. The van der Waals surface area contributed by atoms with E-state index in [4.69, 9.17) is 9.47 Å². The van der Waals surface area contributed by atoms with Crippen LogP contribution < -0.4 is 4.74 Å². The summed E-state index contributed by atoms with van der Waals surface area (Å²) < 4.78 is 10.4. The highest BCUT2D eigenvalue weighted by atomic mass is 16.6. The molecule has 0 radical (unpaired) electrons. The third kappa shape index (κ3) is 3.71. The van der Waals surface area contributed by atoms with Gasteiger partial charge in [0.2, 0.25) is 6.08 Å². The molecule has 0 aliphatic heterocycles. The fourth-order valence-corrected chi connectivity index (χ4v) is 1.28. The first-order valence-corrected chi connectivity index (χ1v) is 5.53. The summed E-state index contributed by atoms with van der Waals surface area (Å²) in [6, 6.07) is 6.44. The minimum absolute atomic E-state index is 0.304. The summed E-state index contributed by atoms with van der Waals surface area (Å²) in [7, 11) is 0. The van der Waals surface area contributed by atoms with Crippen LogP contribution in [0.15, 0.2) is 29.3 Å². The third-order valence-corrected chi connectivity index (χ3v) is 2.15. The van der Waals surface area contributed by atoms with Crippen molar-refractivity contribution in [2.75, 3.05) is 6.61 Å². The van der Waals surface area contributed by atoms with Gasteiger partial charge in [-0.25, -0.2) is 9.59 Å². The first-order valence-electron chi connectivity index (χ1n) is 5.53. The summed E-state index contributed by atoms with van der Waals surface area (Å²) in [5.74, 6) is 0.0675. The number of nitrogens with zero attached hydrogens (tertiary/aromatic N) is 1. The van der Waals surface area contributed by atoms with Gasteiger partial charge >= 0.3 is 5.97 Å². The molecule has 0 saturated heterocycles. The van der Waals surface area contributed by atoms with Crippen LogP contribution in [0.25, 0.3) is 0 Å². The predicted molar refractivity (Wildman–Crippen MR) is 65.6 cm³/mol. The van der Waals surface area contributed by atoms with Gasteiger partial charge in [0.25, 0.3) is 0 Å². The zero-order valence-corrected chi connectivity index (χ0v) is 10.6. The Bertz CT molecular complexity index is 458. The number of rotatable bonds is 5. The van der Waals surface area contributed by atoms with Crippen LogP contribution in [0.5, 0.6) is 5.75 Å². The van der Waals surface area contributed by atoms with Crippen molar-refractivity contribution in [3.63, 3.8) is 0 Å².